The second-order valence-electron chi connectivity index (χ2n) is 4.56. The molecule has 0 saturated heterocycles. The van der Waals surface area contributed by atoms with Crippen molar-refractivity contribution in [3.05, 3.63) is 24.3 Å². The Hall–Kier alpha value is -2.68. The Balaban J connectivity index is 2.28. The van der Waals surface area contributed by atoms with Crippen LogP contribution in [-0.4, -0.2) is 48.2 Å². The first-order chi connectivity index (χ1) is 10.1. The van der Waals surface area contributed by atoms with E-state index >= 15 is 0 Å². The van der Waals surface area contributed by atoms with E-state index in [-0.39, 0.29) is 6.54 Å². The van der Waals surface area contributed by atoms with Crippen LogP contribution in [0, 0.1) is 12.3 Å². The molecule has 2 amide bonds. The van der Waals surface area contributed by atoms with Crippen molar-refractivity contribution in [2.24, 2.45) is 0 Å². The predicted octanol–water partition coefficient (Wildman–Crippen LogP) is 1.42. The SMILES string of the molecule is C#CCN(CC(=O)O)C(=O)N1CCCOc2ccccc21. The van der Waals surface area contributed by atoms with Gasteiger partial charge >= 0.3 is 12.0 Å². The van der Waals surface area contributed by atoms with Gasteiger partial charge < -0.3 is 14.7 Å². The van der Waals surface area contributed by atoms with Crippen LogP contribution in [0.15, 0.2) is 24.3 Å². The van der Waals surface area contributed by atoms with E-state index in [2.05, 4.69) is 5.92 Å². The fourth-order valence-electron chi connectivity index (χ4n) is 2.16. The van der Waals surface area contributed by atoms with Gasteiger partial charge in [0.1, 0.15) is 12.3 Å². The summed E-state index contributed by atoms with van der Waals surface area (Å²) in [6.07, 6.45) is 5.88. The lowest BCUT2D eigenvalue weighted by Crippen LogP contribution is -2.46. The summed E-state index contributed by atoms with van der Waals surface area (Å²) < 4.78 is 5.58. The van der Waals surface area contributed by atoms with E-state index in [4.69, 9.17) is 16.3 Å². The van der Waals surface area contributed by atoms with E-state index in [1.54, 1.807) is 18.2 Å². The molecule has 1 aliphatic heterocycles. The summed E-state index contributed by atoms with van der Waals surface area (Å²) in [5, 5.41) is 8.90. The van der Waals surface area contributed by atoms with Crippen LogP contribution in [0.4, 0.5) is 10.5 Å². The molecule has 0 unspecified atom stereocenters. The second-order valence-corrected chi connectivity index (χ2v) is 4.56. The maximum Gasteiger partial charge on any atom is 0.325 e. The number of carbonyl (C=O) groups excluding carboxylic acids is 1. The third kappa shape index (κ3) is 3.45. The number of benzene rings is 1. The van der Waals surface area contributed by atoms with Crippen molar-refractivity contribution in [2.45, 2.75) is 6.42 Å². The zero-order chi connectivity index (χ0) is 15.2. The van der Waals surface area contributed by atoms with Crippen molar-refractivity contribution in [3.8, 4) is 18.1 Å². The first-order valence-electron chi connectivity index (χ1n) is 6.57. The number of carboxylic acid groups (broad SMARTS) is 1. The maximum absolute atomic E-state index is 12.6. The Morgan fingerprint density at radius 2 is 2.19 bits per heavy atom. The number of ether oxygens (including phenoxy) is 1. The topological polar surface area (TPSA) is 70.1 Å². The number of amides is 2. The number of terminal acetylenes is 1. The Morgan fingerprint density at radius 1 is 1.43 bits per heavy atom. The third-order valence-electron chi connectivity index (χ3n) is 3.05. The number of fused-ring (bicyclic) bond motifs is 1. The molecule has 0 aliphatic carbocycles. The summed E-state index contributed by atoms with van der Waals surface area (Å²) in [7, 11) is 0. The molecule has 0 aromatic heterocycles. The molecule has 1 aromatic carbocycles. The molecule has 110 valence electrons. The fraction of sp³-hybridized carbons (Fsp3) is 0.333. The van der Waals surface area contributed by atoms with Gasteiger partial charge in [-0.25, -0.2) is 4.79 Å². The molecule has 0 fully saturated rings. The lowest BCUT2D eigenvalue weighted by Gasteiger charge is -2.28. The number of urea groups is 1. The van der Waals surface area contributed by atoms with Crippen LogP contribution in [0.1, 0.15) is 6.42 Å². The highest BCUT2D eigenvalue weighted by atomic mass is 16.5. The lowest BCUT2D eigenvalue weighted by atomic mass is 10.2. The maximum atomic E-state index is 12.6. The molecule has 0 radical (unpaired) electrons. The van der Waals surface area contributed by atoms with Gasteiger partial charge in [0.25, 0.3) is 0 Å². The van der Waals surface area contributed by atoms with Crippen LogP contribution >= 0.6 is 0 Å². The molecule has 1 aromatic rings. The zero-order valence-corrected chi connectivity index (χ0v) is 11.5. The highest BCUT2D eigenvalue weighted by Gasteiger charge is 2.26. The van der Waals surface area contributed by atoms with E-state index in [1.165, 1.54) is 4.90 Å². The lowest BCUT2D eigenvalue weighted by molar-refractivity contribution is -0.137. The minimum Gasteiger partial charge on any atom is -0.491 e. The molecule has 6 nitrogen and oxygen atoms in total. The number of nitrogens with zero attached hydrogens (tertiary/aromatic N) is 2. The molecule has 0 atom stereocenters. The smallest absolute Gasteiger partial charge is 0.325 e. The first kappa shape index (κ1) is 14.7. The first-order valence-corrected chi connectivity index (χ1v) is 6.57. The van der Waals surface area contributed by atoms with Crippen molar-refractivity contribution < 1.29 is 19.4 Å². The standard InChI is InChI=1S/C15H16N2O4/c1-2-8-16(11-14(18)19)15(20)17-9-5-10-21-13-7-4-3-6-12(13)17/h1,3-4,6-7H,5,8-11H2,(H,18,19). The zero-order valence-electron chi connectivity index (χ0n) is 11.5. The summed E-state index contributed by atoms with van der Waals surface area (Å²) in [6, 6.07) is 6.75. The molecule has 1 N–H and O–H groups in total. The van der Waals surface area contributed by atoms with Crippen molar-refractivity contribution in [3.63, 3.8) is 0 Å². The molecule has 0 bridgehead atoms. The number of aliphatic carboxylic acids is 1. The van der Waals surface area contributed by atoms with Gasteiger partial charge in [-0.15, -0.1) is 6.42 Å². The van der Waals surface area contributed by atoms with Gasteiger partial charge in [-0.2, -0.15) is 0 Å². The number of rotatable bonds is 3. The Labute approximate surface area is 122 Å². The number of hydrogen-bond acceptors (Lipinski definition) is 3. The van der Waals surface area contributed by atoms with Crippen LogP contribution in [0.3, 0.4) is 0 Å². The van der Waals surface area contributed by atoms with Crippen LogP contribution in [0.5, 0.6) is 5.75 Å². The summed E-state index contributed by atoms with van der Waals surface area (Å²) in [6.45, 7) is 0.485. The Morgan fingerprint density at radius 3 is 2.90 bits per heavy atom. The molecule has 0 spiro atoms. The third-order valence-corrected chi connectivity index (χ3v) is 3.05. The monoisotopic (exact) mass is 288 g/mol. The average Bonchev–Trinajstić information content (AvgIpc) is 2.68. The number of hydrogen-bond donors (Lipinski definition) is 1. The Bertz CT molecular complexity index is 579. The van der Waals surface area contributed by atoms with Crippen molar-refractivity contribution >= 4 is 17.7 Å². The number of anilines is 1. The van der Waals surface area contributed by atoms with Gasteiger partial charge in [-0.3, -0.25) is 9.69 Å². The molecule has 0 saturated carbocycles. The predicted molar refractivity (Wildman–Crippen MR) is 77.3 cm³/mol. The minimum absolute atomic E-state index is 0.0509. The van der Waals surface area contributed by atoms with E-state index in [0.29, 0.717) is 31.0 Å². The number of carbonyl (C=O) groups is 2. The van der Waals surface area contributed by atoms with E-state index in [1.807, 2.05) is 6.07 Å². The highest BCUT2D eigenvalue weighted by Crippen LogP contribution is 2.31. The van der Waals surface area contributed by atoms with Gasteiger partial charge in [0.2, 0.25) is 0 Å². The van der Waals surface area contributed by atoms with Gasteiger partial charge in [0, 0.05) is 6.54 Å². The van der Waals surface area contributed by atoms with Crippen molar-refractivity contribution in [1.82, 2.24) is 4.90 Å². The quantitative estimate of drug-likeness (QED) is 0.854. The normalized spacial score (nSPS) is 13.4. The highest BCUT2D eigenvalue weighted by molar-refractivity contribution is 5.95. The molecular weight excluding hydrogens is 272 g/mol. The minimum atomic E-state index is -1.10. The summed E-state index contributed by atoms with van der Waals surface area (Å²) in [5.74, 6) is 1.83. The fourth-order valence-corrected chi connectivity index (χ4v) is 2.16. The van der Waals surface area contributed by atoms with Crippen LogP contribution in [-0.2, 0) is 4.79 Å². The Kier molecular flexibility index (Phi) is 4.67. The van der Waals surface area contributed by atoms with E-state index in [0.717, 1.165) is 4.90 Å². The summed E-state index contributed by atoms with van der Waals surface area (Å²) in [4.78, 5) is 26.1. The molecule has 1 aliphatic rings. The van der Waals surface area contributed by atoms with Crippen LogP contribution in [0.2, 0.25) is 0 Å². The average molecular weight is 288 g/mol. The van der Waals surface area contributed by atoms with E-state index < -0.39 is 18.5 Å². The van der Waals surface area contributed by atoms with E-state index in [9.17, 15) is 9.59 Å². The van der Waals surface area contributed by atoms with Gasteiger partial charge in [-0.1, -0.05) is 18.1 Å². The summed E-state index contributed by atoms with van der Waals surface area (Å²) in [5.41, 5.74) is 0.632. The number of carboxylic acids is 1. The number of para-hydroxylation sites is 2. The van der Waals surface area contributed by atoms with Crippen molar-refractivity contribution in [1.29, 1.82) is 0 Å². The molecule has 6 heteroatoms. The molecule has 21 heavy (non-hydrogen) atoms. The van der Waals surface area contributed by atoms with Gasteiger partial charge in [-0.05, 0) is 18.6 Å². The molecular formula is C15H16N2O4. The van der Waals surface area contributed by atoms with Crippen LogP contribution in [0.25, 0.3) is 0 Å². The van der Waals surface area contributed by atoms with Gasteiger partial charge in [0.15, 0.2) is 0 Å². The van der Waals surface area contributed by atoms with Crippen molar-refractivity contribution in [2.75, 3.05) is 31.1 Å². The largest absolute Gasteiger partial charge is 0.491 e. The van der Waals surface area contributed by atoms with Crippen LogP contribution < -0.4 is 9.64 Å². The molecule has 1 heterocycles. The second kappa shape index (κ2) is 6.66. The van der Waals surface area contributed by atoms with Gasteiger partial charge in [0.05, 0.1) is 18.8 Å². The summed E-state index contributed by atoms with van der Waals surface area (Å²) >= 11 is 0. The molecule has 2 rings (SSSR count).